The lowest BCUT2D eigenvalue weighted by atomic mass is 9.95. The number of likely N-dealkylation sites (tertiary alicyclic amines) is 1. The van der Waals surface area contributed by atoms with Gasteiger partial charge >= 0.3 is 0 Å². The molecule has 1 amide bonds. The highest BCUT2D eigenvalue weighted by molar-refractivity contribution is 6.31. The van der Waals surface area contributed by atoms with Gasteiger partial charge in [-0.15, -0.1) is 0 Å². The minimum absolute atomic E-state index is 0.166. The van der Waals surface area contributed by atoms with Crippen LogP contribution in [0.15, 0.2) is 18.2 Å². The van der Waals surface area contributed by atoms with Gasteiger partial charge in [0.25, 0.3) is 5.91 Å². The zero-order chi connectivity index (χ0) is 13.3. The first-order valence-electron chi connectivity index (χ1n) is 6.01. The molecule has 1 aromatic rings. The fourth-order valence-electron chi connectivity index (χ4n) is 2.12. The minimum atomic E-state index is -0.469. The molecular weight excluding hydrogens is 252 g/mol. The molecular formula is C13H17ClN2O2. The van der Waals surface area contributed by atoms with Gasteiger partial charge in [-0.1, -0.05) is 18.5 Å². The number of β-amino-alcohol motifs (C(OH)–C–C–N with tert-alkyl or cyclic N) is 1. The molecule has 0 spiro atoms. The number of nitrogen functional groups attached to an aromatic ring is 1. The summed E-state index contributed by atoms with van der Waals surface area (Å²) in [6.07, 6.45) is 0.330. The Bertz CT molecular complexity index is 464. The number of benzene rings is 1. The number of amides is 1. The lowest BCUT2D eigenvalue weighted by Gasteiger charge is -2.34. The van der Waals surface area contributed by atoms with E-state index in [1.165, 1.54) is 0 Å². The summed E-state index contributed by atoms with van der Waals surface area (Å²) in [5, 5.41) is 10.3. The molecule has 1 aromatic carbocycles. The maximum Gasteiger partial charge on any atom is 0.256 e. The van der Waals surface area contributed by atoms with E-state index in [0.717, 1.165) is 6.42 Å². The second-order valence-electron chi connectivity index (χ2n) is 4.82. The van der Waals surface area contributed by atoms with Crippen molar-refractivity contribution in [2.75, 3.05) is 18.8 Å². The standard InChI is InChI=1S/C13H17ClN2O2/c1-8-4-5-16(7-12(8)17)13(18)10-6-9(14)2-3-11(10)15/h2-3,6,8,12,17H,4-5,7,15H2,1H3. The largest absolute Gasteiger partial charge is 0.398 e. The van der Waals surface area contributed by atoms with E-state index in [0.29, 0.717) is 29.4 Å². The fourth-order valence-corrected chi connectivity index (χ4v) is 2.29. The zero-order valence-electron chi connectivity index (χ0n) is 10.3. The van der Waals surface area contributed by atoms with E-state index in [9.17, 15) is 9.90 Å². The topological polar surface area (TPSA) is 66.6 Å². The number of aliphatic hydroxyl groups excluding tert-OH is 1. The van der Waals surface area contributed by atoms with Crippen LogP contribution in [0, 0.1) is 5.92 Å². The van der Waals surface area contributed by atoms with Crippen LogP contribution >= 0.6 is 11.6 Å². The molecule has 1 aliphatic rings. The average Bonchev–Trinajstić information content (AvgIpc) is 2.35. The van der Waals surface area contributed by atoms with Crippen molar-refractivity contribution in [3.05, 3.63) is 28.8 Å². The normalized spacial score (nSPS) is 24.1. The van der Waals surface area contributed by atoms with E-state index in [4.69, 9.17) is 17.3 Å². The van der Waals surface area contributed by atoms with Crippen LogP contribution < -0.4 is 5.73 Å². The van der Waals surface area contributed by atoms with E-state index in [2.05, 4.69) is 0 Å². The summed E-state index contributed by atoms with van der Waals surface area (Å²) in [6, 6.07) is 4.85. The highest BCUT2D eigenvalue weighted by atomic mass is 35.5. The Balaban J connectivity index is 2.19. The summed E-state index contributed by atoms with van der Waals surface area (Å²) in [6.45, 7) is 2.98. The maximum atomic E-state index is 12.3. The molecule has 1 aliphatic heterocycles. The molecule has 0 aliphatic carbocycles. The average molecular weight is 269 g/mol. The van der Waals surface area contributed by atoms with E-state index >= 15 is 0 Å². The van der Waals surface area contributed by atoms with Gasteiger partial charge in [0.2, 0.25) is 0 Å². The first-order chi connectivity index (χ1) is 8.49. The van der Waals surface area contributed by atoms with Crippen molar-refractivity contribution < 1.29 is 9.90 Å². The molecule has 1 heterocycles. The second-order valence-corrected chi connectivity index (χ2v) is 5.25. The zero-order valence-corrected chi connectivity index (χ0v) is 11.0. The number of aliphatic hydroxyl groups is 1. The summed E-state index contributed by atoms with van der Waals surface area (Å²) < 4.78 is 0. The number of piperidine rings is 1. The summed E-state index contributed by atoms with van der Waals surface area (Å²) in [4.78, 5) is 13.9. The van der Waals surface area contributed by atoms with Crippen LogP contribution in [0.2, 0.25) is 5.02 Å². The number of rotatable bonds is 1. The van der Waals surface area contributed by atoms with Crippen molar-refractivity contribution in [2.45, 2.75) is 19.4 Å². The van der Waals surface area contributed by atoms with Crippen molar-refractivity contribution in [3.8, 4) is 0 Å². The van der Waals surface area contributed by atoms with Crippen LogP contribution in [0.3, 0.4) is 0 Å². The summed E-state index contributed by atoms with van der Waals surface area (Å²) in [5.74, 6) is 0.0618. The quantitative estimate of drug-likeness (QED) is 0.763. The van der Waals surface area contributed by atoms with Crippen molar-refractivity contribution in [3.63, 3.8) is 0 Å². The third kappa shape index (κ3) is 2.60. The van der Waals surface area contributed by atoms with Gasteiger partial charge < -0.3 is 15.7 Å². The molecule has 4 nitrogen and oxygen atoms in total. The Labute approximate surface area is 111 Å². The van der Waals surface area contributed by atoms with Crippen LogP contribution in [-0.4, -0.2) is 35.1 Å². The van der Waals surface area contributed by atoms with Crippen LogP contribution in [-0.2, 0) is 0 Å². The van der Waals surface area contributed by atoms with E-state index in [-0.39, 0.29) is 11.8 Å². The highest BCUT2D eigenvalue weighted by Gasteiger charge is 2.28. The number of carbonyl (C=O) groups excluding carboxylic acids is 1. The van der Waals surface area contributed by atoms with E-state index in [1.807, 2.05) is 6.92 Å². The van der Waals surface area contributed by atoms with Crippen LogP contribution in [0.4, 0.5) is 5.69 Å². The van der Waals surface area contributed by atoms with Gasteiger partial charge in [-0.2, -0.15) is 0 Å². The number of anilines is 1. The van der Waals surface area contributed by atoms with Crippen molar-refractivity contribution in [1.29, 1.82) is 0 Å². The molecule has 2 atom stereocenters. The lowest BCUT2D eigenvalue weighted by Crippen LogP contribution is -2.46. The number of nitrogens with zero attached hydrogens (tertiary/aromatic N) is 1. The third-order valence-electron chi connectivity index (χ3n) is 3.45. The Hall–Kier alpha value is -1.26. The SMILES string of the molecule is CC1CCN(C(=O)c2cc(Cl)ccc2N)CC1O. The molecule has 0 radical (unpaired) electrons. The molecule has 0 aromatic heterocycles. The number of halogens is 1. The Kier molecular flexibility index (Phi) is 3.78. The molecule has 2 unspecified atom stereocenters. The molecule has 1 fully saturated rings. The fraction of sp³-hybridized carbons (Fsp3) is 0.462. The van der Waals surface area contributed by atoms with Crippen molar-refractivity contribution in [2.24, 2.45) is 5.92 Å². The smallest absolute Gasteiger partial charge is 0.256 e. The van der Waals surface area contributed by atoms with Crippen LogP contribution in [0.1, 0.15) is 23.7 Å². The lowest BCUT2D eigenvalue weighted by molar-refractivity contribution is 0.0249. The number of hydrogen-bond acceptors (Lipinski definition) is 3. The molecule has 0 saturated carbocycles. The molecule has 1 saturated heterocycles. The van der Waals surface area contributed by atoms with Gasteiger partial charge in [0.1, 0.15) is 0 Å². The number of hydrogen-bond donors (Lipinski definition) is 2. The molecule has 0 bridgehead atoms. The monoisotopic (exact) mass is 268 g/mol. The molecule has 18 heavy (non-hydrogen) atoms. The van der Waals surface area contributed by atoms with Gasteiger partial charge in [-0.25, -0.2) is 0 Å². The predicted octanol–water partition coefficient (Wildman–Crippen LogP) is 1.77. The Morgan fingerprint density at radius 2 is 2.28 bits per heavy atom. The Morgan fingerprint density at radius 3 is 2.94 bits per heavy atom. The van der Waals surface area contributed by atoms with Crippen LogP contribution in [0.25, 0.3) is 0 Å². The summed E-state index contributed by atoms with van der Waals surface area (Å²) >= 11 is 5.88. The first kappa shape index (κ1) is 13.2. The van der Waals surface area contributed by atoms with Gasteiger partial charge in [0.15, 0.2) is 0 Å². The molecule has 5 heteroatoms. The minimum Gasteiger partial charge on any atom is -0.398 e. The number of carbonyl (C=O) groups is 1. The van der Waals surface area contributed by atoms with E-state index in [1.54, 1.807) is 23.1 Å². The van der Waals surface area contributed by atoms with Gasteiger partial charge in [-0.05, 0) is 30.5 Å². The third-order valence-corrected chi connectivity index (χ3v) is 3.69. The van der Waals surface area contributed by atoms with Gasteiger partial charge in [0, 0.05) is 23.8 Å². The van der Waals surface area contributed by atoms with Crippen LogP contribution in [0.5, 0.6) is 0 Å². The van der Waals surface area contributed by atoms with Crippen molar-refractivity contribution >= 4 is 23.2 Å². The second kappa shape index (κ2) is 5.16. The predicted molar refractivity (Wildman–Crippen MR) is 71.6 cm³/mol. The molecule has 3 N–H and O–H groups in total. The molecule has 98 valence electrons. The summed E-state index contributed by atoms with van der Waals surface area (Å²) in [7, 11) is 0. The Morgan fingerprint density at radius 1 is 1.56 bits per heavy atom. The van der Waals surface area contributed by atoms with Gasteiger partial charge in [0.05, 0.1) is 11.7 Å². The molecule has 2 rings (SSSR count). The van der Waals surface area contributed by atoms with Gasteiger partial charge in [-0.3, -0.25) is 4.79 Å². The maximum absolute atomic E-state index is 12.3. The number of nitrogens with two attached hydrogens (primary N) is 1. The van der Waals surface area contributed by atoms with Crippen molar-refractivity contribution in [1.82, 2.24) is 4.90 Å². The van der Waals surface area contributed by atoms with E-state index < -0.39 is 6.10 Å². The first-order valence-corrected chi connectivity index (χ1v) is 6.39. The highest BCUT2D eigenvalue weighted by Crippen LogP contribution is 2.23. The summed E-state index contributed by atoms with van der Waals surface area (Å²) in [5.41, 5.74) is 6.61.